The molecular weight excluding hydrogens is 474 g/mol. The van der Waals surface area contributed by atoms with Gasteiger partial charge in [-0.25, -0.2) is 4.79 Å². The highest BCUT2D eigenvalue weighted by Crippen LogP contribution is 2.29. The Bertz CT molecular complexity index is 1630. The molecule has 0 aliphatic rings. The summed E-state index contributed by atoms with van der Waals surface area (Å²) in [5, 5.41) is 32.4. The smallest absolute Gasteiger partial charge is 0.338 e. The summed E-state index contributed by atoms with van der Waals surface area (Å²) in [5.74, 6) is -2.21. The number of non-ortho nitro benzene ring substituents is 2. The number of rotatable bonds is 7. The van der Waals surface area contributed by atoms with Crippen LogP contribution in [0.1, 0.15) is 20.7 Å². The summed E-state index contributed by atoms with van der Waals surface area (Å²) in [4.78, 5) is 61.0. The molecule has 4 aromatic rings. The van der Waals surface area contributed by atoms with Gasteiger partial charge in [-0.1, -0.05) is 24.3 Å². The fraction of sp³-hybridized carbons (Fsp3) is 0.0417. The number of ketones is 1. The molecule has 0 saturated heterocycles. The molecule has 2 N–H and O–H groups in total. The fourth-order valence-corrected chi connectivity index (χ4v) is 3.48. The van der Waals surface area contributed by atoms with Crippen molar-refractivity contribution in [1.82, 2.24) is 4.98 Å². The van der Waals surface area contributed by atoms with Crippen LogP contribution in [0.2, 0.25) is 0 Å². The summed E-state index contributed by atoms with van der Waals surface area (Å²) in [5.41, 5.74) is -1.09. The van der Waals surface area contributed by atoms with Crippen LogP contribution in [0.5, 0.6) is 5.75 Å². The van der Waals surface area contributed by atoms with Gasteiger partial charge in [-0.3, -0.25) is 29.8 Å². The summed E-state index contributed by atoms with van der Waals surface area (Å²) in [6.07, 6.45) is 0. The highest BCUT2D eigenvalue weighted by Gasteiger charge is 2.18. The Labute approximate surface area is 200 Å². The van der Waals surface area contributed by atoms with E-state index >= 15 is 0 Å². The van der Waals surface area contributed by atoms with Gasteiger partial charge in [0.15, 0.2) is 12.4 Å². The lowest BCUT2D eigenvalue weighted by Crippen LogP contribution is -2.15. The number of nitro groups is 2. The van der Waals surface area contributed by atoms with E-state index in [9.17, 15) is 39.7 Å². The van der Waals surface area contributed by atoms with E-state index in [4.69, 9.17) is 4.74 Å². The van der Waals surface area contributed by atoms with Crippen molar-refractivity contribution in [2.24, 2.45) is 0 Å². The number of H-pyrrole nitrogens is 1. The van der Waals surface area contributed by atoms with Gasteiger partial charge >= 0.3 is 5.97 Å². The zero-order valence-corrected chi connectivity index (χ0v) is 18.2. The van der Waals surface area contributed by atoms with Gasteiger partial charge in [0, 0.05) is 40.8 Å². The van der Waals surface area contributed by atoms with Crippen LogP contribution >= 0.6 is 0 Å². The number of aromatic amines is 1. The highest BCUT2D eigenvalue weighted by atomic mass is 16.6. The number of Topliss-reactive ketones (excluding diaryl/α,β-unsaturated/α-hetero) is 1. The fourth-order valence-electron chi connectivity index (χ4n) is 3.48. The number of hydrogen-bond acceptors (Lipinski definition) is 9. The van der Waals surface area contributed by atoms with E-state index in [0.29, 0.717) is 0 Å². The normalized spacial score (nSPS) is 10.7. The number of carbonyl (C=O) groups excluding carboxylic acids is 2. The molecule has 0 fully saturated rings. The lowest BCUT2D eigenvalue weighted by Gasteiger charge is -2.09. The molecule has 0 radical (unpaired) electrons. The van der Waals surface area contributed by atoms with Gasteiger partial charge in [-0.05, 0) is 18.2 Å². The first-order valence-electron chi connectivity index (χ1n) is 10.2. The van der Waals surface area contributed by atoms with Crippen LogP contribution in [-0.2, 0) is 4.74 Å². The molecule has 12 heteroatoms. The van der Waals surface area contributed by atoms with Crippen LogP contribution in [0.4, 0.5) is 11.4 Å². The van der Waals surface area contributed by atoms with Gasteiger partial charge < -0.3 is 14.8 Å². The van der Waals surface area contributed by atoms with E-state index in [1.54, 1.807) is 0 Å². The number of ether oxygens (including phenoxy) is 1. The minimum absolute atomic E-state index is 0.00286. The molecule has 0 bridgehead atoms. The van der Waals surface area contributed by atoms with Crippen molar-refractivity contribution in [2.75, 3.05) is 6.61 Å². The van der Waals surface area contributed by atoms with Gasteiger partial charge in [0.2, 0.25) is 11.2 Å². The molecule has 0 unspecified atom stereocenters. The van der Waals surface area contributed by atoms with Crippen molar-refractivity contribution in [3.63, 3.8) is 0 Å². The van der Waals surface area contributed by atoms with E-state index in [1.165, 1.54) is 60.7 Å². The average molecular weight is 489 g/mol. The van der Waals surface area contributed by atoms with Gasteiger partial charge in [0.05, 0.1) is 26.6 Å². The zero-order chi connectivity index (χ0) is 26.0. The summed E-state index contributed by atoms with van der Waals surface area (Å²) in [6, 6.07) is 14.1. The van der Waals surface area contributed by atoms with Crippen LogP contribution in [0, 0.1) is 20.2 Å². The standard InChI is InChI=1S/C24H15N3O9/c28-20(13-3-1-5-16(9-13)26(32)33)12-36-24(31)15-7-8-18-19(11-15)25-21(23(30)22(18)29)14-4-2-6-17(10-14)27(34)35/h1-11,30H,12H2,(H,25,29). The average Bonchev–Trinajstić information content (AvgIpc) is 2.88. The number of aromatic hydroxyl groups is 1. The number of hydrogen-bond donors (Lipinski definition) is 2. The van der Waals surface area contributed by atoms with Crippen LogP contribution in [0.15, 0.2) is 71.5 Å². The maximum absolute atomic E-state index is 12.7. The third kappa shape index (κ3) is 4.63. The third-order valence-electron chi connectivity index (χ3n) is 5.27. The van der Waals surface area contributed by atoms with E-state index in [1.807, 2.05) is 0 Å². The van der Waals surface area contributed by atoms with Crippen LogP contribution < -0.4 is 5.43 Å². The molecule has 0 amide bonds. The third-order valence-corrected chi connectivity index (χ3v) is 5.27. The quantitative estimate of drug-likeness (QED) is 0.169. The van der Waals surface area contributed by atoms with Gasteiger partial charge in [-0.15, -0.1) is 0 Å². The van der Waals surface area contributed by atoms with Crippen LogP contribution in [-0.4, -0.2) is 38.3 Å². The molecule has 180 valence electrons. The number of pyridine rings is 1. The summed E-state index contributed by atoms with van der Waals surface area (Å²) < 4.78 is 5.03. The Hall–Kier alpha value is -5.39. The zero-order valence-electron chi connectivity index (χ0n) is 18.2. The minimum Gasteiger partial charge on any atom is -0.503 e. The first-order chi connectivity index (χ1) is 17.2. The Balaban J connectivity index is 1.61. The molecule has 0 atom stereocenters. The van der Waals surface area contributed by atoms with Crippen molar-refractivity contribution in [1.29, 1.82) is 0 Å². The Morgan fingerprint density at radius 3 is 2.25 bits per heavy atom. The Morgan fingerprint density at radius 1 is 0.889 bits per heavy atom. The first kappa shape index (κ1) is 23.8. The van der Waals surface area contributed by atoms with Gasteiger partial charge in [0.25, 0.3) is 11.4 Å². The van der Waals surface area contributed by atoms with Crippen LogP contribution in [0.3, 0.4) is 0 Å². The summed E-state index contributed by atoms with van der Waals surface area (Å²) in [6.45, 7) is -0.678. The van der Waals surface area contributed by atoms with Gasteiger partial charge in [0.1, 0.15) is 0 Å². The van der Waals surface area contributed by atoms with Gasteiger partial charge in [-0.2, -0.15) is 0 Å². The molecular formula is C24H15N3O9. The topological polar surface area (TPSA) is 183 Å². The second-order valence-corrected chi connectivity index (χ2v) is 7.55. The number of fused-ring (bicyclic) bond motifs is 1. The lowest BCUT2D eigenvalue weighted by atomic mass is 10.1. The second-order valence-electron chi connectivity index (χ2n) is 7.55. The Kier molecular flexibility index (Phi) is 6.24. The number of nitrogens with zero attached hydrogens (tertiary/aromatic N) is 2. The van der Waals surface area contributed by atoms with Crippen molar-refractivity contribution in [3.8, 4) is 17.0 Å². The summed E-state index contributed by atoms with van der Waals surface area (Å²) >= 11 is 0. The van der Waals surface area contributed by atoms with Crippen LogP contribution in [0.25, 0.3) is 22.2 Å². The van der Waals surface area contributed by atoms with Crippen molar-refractivity contribution in [3.05, 3.63) is 108 Å². The first-order valence-corrected chi connectivity index (χ1v) is 10.2. The number of esters is 1. The molecule has 1 aromatic heterocycles. The number of carbonyl (C=O) groups is 2. The largest absolute Gasteiger partial charge is 0.503 e. The molecule has 0 saturated carbocycles. The number of nitrogens with one attached hydrogen (secondary N) is 1. The molecule has 12 nitrogen and oxygen atoms in total. The van der Waals surface area contributed by atoms with Crippen molar-refractivity contribution >= 4 is 34.0 Å². The summed E-state index contributed by atoms with van der Waals surface area (Å²) in [7, 11) is 0. The number of nitro benzene ring substituents is 2. The molecule has 0 spiro atoms. The molecule has 1 heterocycles. The predicted octanol–water partition coefficient (Wildman–Crippen LogP) is 3.76. The molecule has 0 aliphatic heterocycles. The SMILES string of the molecule is O=C(COC(=O)c1ccc2c(=O)c(O)c(-c3cccc([N+](=O)[O-])c3)[nH]c2c1)c1cccc([N+](=O)[O-])c1. The van der Waals surface area contributed by atoms with E-state index in [2.05, 4.69) is 4.98 Å². The maximum Gasteiger partial charge on any atom is 0.338 e. The molecule has 0 aliphatic carbocycles. The monoisotopic (exact) mass is 489 g/mol. The second kappa shape index (κ2) is 9.46. The number of aromatic nitrogens is 1. The molecule has 3 aromatic carbocycles. The van der Waals surface area contributed by atoms with Crippen molar-refractivity contribution in [2.45, 2.75) is 0 Å². The highest BCUT2D eigenvalue weighted by molar-refractivity contribution is 6.00. The molecule has 4 rings (SSSR count). The maximum atomic E-state index is 12.7. The molecule has 36 heavy (non-hydrogen) atoms. The van der Waals surface area contributed by atoms with E-state index in [-0.39, 0.29) is 44.7 Å². The predicted molar refractivity (Wildman–Crippen MR) is 126 cm³/mol. The Morgan fingerprint density at radius 2 is 1.56 bits per heavy atom. The number of benzene rings is 3. The van der Waals surface area contributed by atoms with Crippen molar-refractivity contribution < 1.29 is 29.3 Å². The minimum atomic E-state index is -0.901. The lowest BCUT2D eigenvalue weighted by molar-refractivity contribution is -0.385. The van der Waals surface area contributed by atoms with E-state index in [0.717, 1.165) is 6.07 Å². The van der Waals surface area contributed by atoms with E-state index < -0.39 is 39.4 Å².